The molecule has 2 N–H and O–H groups in total. The normalized spacial score (nSPS) is 9.39. The van der Waals surface area contributed by atoms with Crippen LogP contribution in [-0.4, -0.2) is 23.6 Å². The second-order valence-electron chi connectivity index (χ2n) is 3.59. The van der Waals surface area contributed by atoms with Crippen LogP contribution in [0.4, 0.5) is 5.69 Å². The van der Waals surface area contributed by atoms with E-state index in [9.17, 15) is 9.59 Å². The van der Waals surface area contributed by atoms with Gasteiger partial charge >= 0.3 is 5.97 Å². The molecule has 1 aromatic carbocycles. The average molecular weight is 247 g/mol. The number of benzene rings is 1. The minimum Gasteiger partial charge on any atom is -0.480 e. The van der Waals surface area contributed by atoms with Crippen LogP contribution in [0.3, 0.4) is 0 Å². The summed E-state index contributed by atoms with van der Waals surface area (Å²) in [5.74, 6) is 1.08. The van der Waals surface area contributed by atoms with E-state index in [2.05, 4.69) is 11.2 Å². The van der Waals surface area contributed by atoms with Crippen LogP contribution in [0.5, 0.6) is 5.75 Å². The average Bonchev–Trinajstić information content (AvgIpc) is 2.29. The number of carboxylic acids is 1. The van der Waals surface area contributed by atoms with Crippen molar-refractivity contribution < 1.29 is 19.4 Å². The molecular formula is C13H13NO4. The molecule has 18 heavy (non-hydrogen) atoms. The first-order valence-corrected chi connectivity index (χ1v) is 5.18. The smallest absolute Gasteiger partial charge is 0.339 e. The van der Waals surface area contributed by atoms with Gasteiger partial charge in [-0.05, 0) is 19.1 Å². The summed E-state index contributed by atoms with van der Waals surface area (Å²) in [4.78, 5) is 22.1. The van der Waals surface area contributed by atoms with E-state index >= 15 is 0 Å². The maximum absolute atomic E-state index is 11.1. The molecule has 0 aliphatic heterocycles. The molecule has 0 bridgehead atoms. The van der Waals surface area contributed by atoms with Crippen LogP contribution in [0.15, 0.2) is 12.1 Å². The molecule has 5 nitrogen and oxygen atoms in total. The molecule has 0 radical (unpaired) electrons. The molecule has 0 saturated carbocycles. The highest BCUT2D eigenvalue weighted by molar-refractivity contribution is 5.95. The summed E-state index contributed by atoms with van der Waals surface area (Å²) in [5.41, 5.74) is 1.04. The predicted molar refractivity (Wildman–Crippen MR) is 66.8 cm³/mol. The van der Waals surface area contributed by atoms with Crippen molar-refractivity contribution in [1.82, 2.24) is 0 Å². The third kappa shape index (κ3) is 3.01. The minimum atomic E-state index is -1.11. The number of hydrogen-bond acceptors (Lipinski definition) is 3. The molecule has 0 aliphatic rings. The standard InChI is InChI=1S/C13H13NO4/c1-4-7-18-12-8(2)11(14-9(3)15)6-5-10(12)13(16)17/h1,5-6H,7H2,2-3H3,(H,14,15)(H,16,17). The van der Waals surface area contributed by atoms with E-state index in [1.807, 2.05) is 0 Å². The first-order chi connectivity index (χ1) is 8.47. The largest absolute Gasteiger partial charge is 0.480 e. The van der Waals surface area contributed by atoms with Gasteiger partial charge in [-0.25, -0.2) is 4.79 Å². The van der Waals surface area contributed by atoms with Gasteiger partial charge in [0.2, 0.25) is 5.91 Å². The van der Waals surface area contributed by atoms with Crippen LogP contribution in [0.1, 0.15) is 22.8 Å². The van der Waals surface area contributed by atoms with Gasteiger partial charge < -0.3 is 15.2 Å². The molecule has 0 aliphatic carbocycles. The summed E-state index contributed by atoms with van der Waals surface area (Å²) in [5, 5.41) is 11.6. The van der Waals surface area contributed by atoms with Gasteiger partial charge in [-0.2, -0.15) is 0 Å². The highest BCUT2D eigenvalue weighted by Gasteiger charge is 2.16. The minimum absolute atomic E-state index is 0.0110. The second-order valence-corrected chi connectivity index (χ2v) is 3.59. The monoisotopic (exact) mass is 247 g/mol. The molecule has 94 valence electrons. The Labute approximate surface area is 105 Å². The van der Waals surface area contributed by atoms with Crippen molar-refractivity contribution in [3.63, 3.8) is 0 Å². The number of hydrogen-bond donors (Lipinski definition) is 2. The highest BCUT2D eigenvalue weighted by atomic mass is 16.5. The van der Waals surface area contributed by atoms with E-state index in [-0.39, 0.29) is 23.8 Å². The van der Waals surface area contributed by atoms with E-state index in [1.54, 1.807) is 6.92 Å². The van der Waals surface area contributed by atoms with E-state index < -0.39 is 5.97 Å². The van der Waals surface area contributed by atoms with Gasteiger partial charge in [0.25, 0.3) is 0 Å². The van der Waals surface area contributed by atoms with Crippen molar-refractivity contribution in [3.05, 3.63) is 23.3 Å². The quantitative estimate of drug-likeness (QED) is 0.793. The third-order valence-electron chi connectivity index (χ3n) is 2.25. The van der Waals surface area contributed by atoms with Crippen molar-refractivity contribution in [3.8, 4) is 18.1 Å². The highest BCUT2D eigenvalue weighted by Crippen LogP contribution is 2.30. The molecule has 0 fully saturated rings. The lowest BCUT2D eigenvalue weighted by atomic mass is 10.1. The SMILES string of the molecule is C#CCOc1c(C(=O)O)ccc(NC(C)=O)c1C. The fraction of sp³-hybridized carbons (Fsp3) is 0.231. The topological polar surface area (TPSA) is 75.6 Å². The Balaban J connectivity index is 3.26. The number of carboxylic acid groups (broad SMARTS) is 1. The Morgan fingerprint density at radius 2 is 2.17 bits per heavy atom. The fourth-order valence-corrected chi connectivity index (χ4v) is 1.48. The molecule has 0 unspecified atom stereocenters. The van der Waals surface area contributed by atoms with E-state index in [0.29, 0.717) is 11.3 Å². The number of carbonyl (C=O) groups excluding carboxylic acids is 1. The number of aromatic carboxylic acids is 1. The molecular weight excluding hydrogens is 234 g/mol. The fourth-order valence-electron chi connectivity index (χ4n) is 1.48. The summed E-state index contributed by atoms with van der Waals surface area (Å²) >= 11 is 0. The molecule has 0 saturated heterocycles. The van der Waals surface area contributed by atoms with Crippen LogP contribution >= 0.6 is 0 Å². The van der Waals surface area contributed by atoms with E-state index in [0.717, 1.165) is 0 Å². The summed E-state index contributed by atoms with van der Waals surface area (Å²) in [6, 6.07) is 2.88. The molecule has 0 aromatic heterocycles. The first kappa shape index (κ1) is 13.6. The number of ether oxygens (including phenoxy) is 1. The maximum Gasteiger partial charge on any atom is 0.339 e. The van der Waals surface area contributed by atoms with Gasteiger partial charge in [-0.15, -0.1) is 6.42 Å². The molecule has 1 aromatic rings. The molecule has 1 amide bonds. The zero-order valence-corrected chi connectivity index (χ0v) is 10.1. The Morgan fingerprint density at radius 3 is 2.67 bits per heavy atom. The van der Waals surface area contributed by atoms with Crippen LogP contribution in [0, 0.1) is 19.3 Å². The zero-order valence-electron chi connectivity index (χ0n) is 10.1. The summed E-state index contributed by atoms with van der Waals surface area (Å²) in [6.07, 6.45) is 5.08. The van der Waals surface area contributed by atoms with E-state index in [4.69, 9.17) is 16.3 Å². The molecule has 5 heteroatoms. The molecule has 0 spiro atoms. The number of rotatable bonds is 4. The zero-order chi connectivity index (χ0) is 13.7. The van der Waals surface area contributed by atoms with Crippen LogP contribution in [-0.2, 0) is 4.79 Å². The Hall–Kier alpha value is -2.48. The van der Waals surface area contributed by atoms with Crippen molar-refractivity contribution in [2.75, 3.05) is 11.9 Å². The number of terminal acetylenes is 1. The third-order valence-corrected chi connectivity index (χ3v) is 2.25. The van der Waals surface area contributed by atoms with Gasteiger partial charge in [0, 0.05) is 18.2 Å². The molecule has 0 atom stereocenters. The Bertz CT molecular complexity index is 529. The first-order valence-electron chi connectivity index (χ1n) is 5.18. The number of nitrogens with one attached hydrogen (secondary N) is 1. The Morgan fingerprint density at radius 1 is 1.50 bits per heavy atom. The van der Waals surface area contributed by atoms with Gasteiger partial charge in [0.05, 0.1) is 0 Å². The maximum atomic E-state index is 11.1. The van der Waals surface area contributed by atoms with Gasteiger partial charge in [0.15, 0.2) is 0 Å². The van der Waals surface area contributed by atoms with Crippen molar-refractivity contribution >= 4 is 17.6 Å². The second kappa shape index (κ2) is 5.73. The molecule has 1 rings (SSSR count). The molecule has 0 heterocycles. The van der Waals surface area contributed by atoms with Gasteiger partial charge in [-0.1, -0.05) is 5.92 Å². The van der Waals surface area contributed by atoms with Crippen molar-refractivity contribution in [1.29, 1.82) is 0 Å². The number of anilines is 1. The van der Waals surface area contributed by atoms with Crippen molar-refractivity contribution in [2.45, 2.75) is 13.8 Å². The summed E-state index contributed by atoms with van der Waals surface area (Å²) < 4.78 is 5.23. The van der Waals surface area contributed by atoms with Crippen LogP contribution in [0.25, 0.3) is 0 Å². The van der Waals surface area contributed by atoms with Gasteiger partial charge in [0.1, 0.15) is 17.9 Å². The van der Waals surface area contributed by atoms with Crippen molar-refractivity contribution in [2.24, 2.45) is 0 Å². The number of carbonyl (C=O) groups is 2. The summed E-state index contributed by atoms with van der Waals surface area (Å²) in [7, 11) is 0. The lowest BCUT2D eigenvalue weighted by molar-refractivity contribution is -0.114. The lowest BCUT2D eigenvalue weighted by Gasteiger charge is -2.14. The Kier molecular flexibility index (Phi) is 4.33. The number of amides is 1. The van der Waals surface area contributed by atoms with Gasteiger partial charge in [-0.3, -0.25) is 4.79 Å². The summed E-state index contributed by atoms with van der Waals surface area (Å²) in [6.45, 7) is 2.99. The predicted octanol–water partition coefficient (Wildman–Crippen LogP) is 1.66. The van der Waals surface area contributed by atoms with Crippen LogP contribution < -0.4 is 10.1 Å². The lowest BCUT2D eigenvalue weighted by Crippen LogP contribution is -2.11. The van der Waals surface area contributed by atoms with Crippen LogP contribution in [0.2, 0.25) is 0 Å². The van der Waals surface area contributed by atoms with E-state index in [1.165, 1.54) is 19.1 Å².